The fraction of sp³-hybridized carbons (Fsp3) is 0.357. The van der Waals surface area contributed by atoms with Crippen molar-refractivity contribution in [3.8, 4) is 0 Å². The van der Waals surface area contributed by atoms with E-state index in [4.69, 9.17) is 0 Å². The highest BCUT2D eigenvalue weighted by atomic mass is 16.2. The van der Waals surface area contributed by atoms with E-state index >= 15 is 0 Å². The number of carbonyl (C=O) groups excluding carboxylic acids is 3. The van der Waals surface area contributed by atoms with E-state index in [-0.39, 0.29) is 23.6 Å². The zero-order valence-corrected chi connectivity index (χ0v) is 11.5. The lowest BCUT2D eigenvalue weighted by molar-refractivity contribution is -0.139. The number of anilines is 2. The Labute approximate surface area is 117 Å². The second kappa shape index (κ2) is 5.73. The number of hydrogen-bond acceptors (Lipinski definition) is 3. The Kier molecular flexibility index (Phi) is 4.02. The van der Waals surface area contributed by atoms with Gasteiger partial charge in [0.25, 0.3) is 0 Å². The molecule has 0 atom stereocenters. The molecule has 6 nitrogen and oxygen atoms in total. The first-order valence-corrected chi connectivity index (χ1v) is 6.39. The Hall–Kier alpha value is -2.37. The third-order valence-electron chi connectivity index (χ3n) is 3.15. The molecule has 20 heavy (non-hydrogen) atoms. The van der Waals surface area contributed by atoms with Crippen LogP contribution in [0.3, 0.4) is 0 Å². The van der Waals surface area contributed by atoms with Crippen LogP contribution in [0.2, 0.25) is 0 Å². The van der Waals surface area contributed by atoms with E-state index in [0.717, 1.165) is 0 Å². The lowest BCUT2D eigenvalue weighted by atomic mass is 9.99. The van der Waals surface area contributed by atoms with Crippen molar-refractivity contribution < 1.29 is 14.4 Å². The molecule has 0 aliphatic carbocycles. The van der Waals surface area contributed by atoms with Gasteiger partial charge in [-0.2, -0.15) is 0 Å². The number of benzene rings is 1. The van der Waals surface area contributed by atoms with Crippen molar-refractivity contribution in [2.45, 2.75) is 13.8 Å². The number of hydrogen-bond donors (Lipinski definition) is 2. The van der Waals surface area contributed by atoms with Gasteiger partial charge in [0, 0.05) is 38.3 Å². The number of amides is 3. The van der Waals surface area contributed by atoms with Crippen molar-refractivity contribution >= 4 is 29.1 Å². The molecule has 0 spiro atoms. The maximum atomic E-state index is 12.0. The minimum absolute atomic E-state index is 0.0123. The van der Waals surface area contributed by atoms with Crippen molar-refractivity contribution in [2.24, 2.45) is 5.92 Å². The second-order valence-corrected chi connectivity index (χ2v) is 4.87. The van der Waals surface area contributed by atoms with Crippen LogP contribution in [0.5, 0.6) is 0 Å². The first kappa shape index (κ1) is 14.0. The van der Waals surface area contributed by atoms with Crippen molar-refractivity contribution in [2.75, 3.05) is 23.7 Å². The van der Waals surface area contributed by atoms with Crippen LogP contribution in [-0.4, -0.2) is 35.7 Å². The standard InChI is InChI=1S/C14H17N3O3/c1-9(18)15-12-4-3-5-13(6-12)16-14(20)11-7-17(8-11)10(2)19/h3-6,11H,7-8H2,1-2H3,(H,15,18)(H,16,20). The molecule has 106 valence electrons. The third kappa shape index (κ3) is 3.34. The van der Waals surface area contributed by atoms with Crippen molar-refractivity contribution in [3.63, 3.8) is 0 Å². The summed E-state index contributed by atoms with van der Waals surface area (Å²) in [6.45, 7) is 3.85. The molecule has 1 saturated heterocycles. The van der Waals surface area contributed by atoms with E-state index in [9.17, 15) is 14.4 Å². The van der Waals surface area contributed by atoms with E-state index in [1.165, 1.54) is 13.8 Å². The van der Waals surface area contributed by atoms with Crippen LogP contribution in [0, 0.1) is 5.92 Å². The summed E-state index contributed by atoms with van der Waals surface area (Å²) in [4.78, 5) is 35.6. The number of rotatable bonds is 3. The lowest BCUT2D eigenvalue weighted by Gasteiger charge is -2.37. The third-order valence-corrected chi connectivity index (χ3v) is 3.15. The normalized spacial score (nSPS) is 14.4. The molecule has 1 aliphatic rings. The Morgan fingerprint density at radius 2 is 1.70 bits per heavy atom. The highest BCUT2D eigenvalue weighted by Crippen LogP contribution is 2.20. The monoisotopic (exact) mass is 275 g/mol. The van der Waals surface area contributed by atoms with Crippen LogP contribution in [0.1, 0.15) is 13.8 Å². The molecule has 1 aromatic rings. The van der Waals surface area contributed by atoms with Crippen molar-refractivity contribution in [3.05, 3.63) is 24.3 Å². The van der Waals surface area contributed by atoms with Gasteiger partial charge in [0.05, 0.1) is 5.92 Å². The van der Waals surface area contributed by atoms with Gasteiger partial charge in [-0.1, -0.05) is 6.07 Å². The molecule has 1 aromatic carbocycles. The van der Waals surface area contributed by atoms with Crippen LogP contribution < -0.4 is 10.6 Å². The van der Waals surface area contributed by atoms with Crippen molar-refractivity contribution in [1.29, 1.82) is 0 Å². The minimum atomic E-state index is -0.164. The zero-order valence-electron chi connectivity index (χ0n) is 11.5. The predicted octanol–water partition coefficient (Wildman–Crippen LogP) is 1.06. The van der Waals surface area contributed by atoms with E-state index in [2.05, 4.69) is 10.6 Å². The number of nitrogens with one attached hydrogen (secondary N) is 2. The Balaban J connectivity index is 1.92. The average molecular weight is 275 g/mol. The summed E-state index contributed by atoms with van der Waals surface area (Å²) in [5.74, 6) is -0.447. The molecule has 2 rings (SSSR count). The Morgan fingerprint density at radius 3 is 2.25 bits per heavy atom. The molecule has 0 radical (unpaired) electrons. The summed E-state index contributed by atoms with van der Waals surface area (Å²) < 4.78 is 0. The molecule has 6 heteroatoms. The van der Waals surface area contributed by atoms with Crippen LogP contribution in [0.15, 0.2) is 24.3 Å². The molecule has 0 saturated carbocycles. The van der Waals surface area contributed by atoms with E-state index in [1.54, 1.807) is 29.2 Å². The van der Waals surface area contributed by atoms with Gasteiger partial charge in [-0.3, -0.25) is 14.4 Å². The molecule has 2 N–H and O–H groups in total. The number of nitrogens with zero attached hydrogens (tertiary/aromatic N) is 1. The fourth-order valence-corrected chi connectivity index (χ4v) is 2.02. The SMILES string of the molecule is CC(=O)Nc1cccc(NC(=O)C2CN(C(C)=O)C2)c1. The summed E-state index contributed by atoms with van der Waals surface area (Å²) in [7, 11) is 0. The lowest BCUT2D eigenvalue weighted by Crippen LogP contribution is -2.53. The Morgan fingerprint density at radius 1 is 1.10 bits per heavy atom. The van der Waals surface area contributed by atoms with Gasteiger partial charge in [0.2, 0.25) is 17.7 Å². The number of likely N-dealkylation sites (tertiary alicyclic amines) is 1. The Bertz CT molecular complexity index is 550. The maximum absolute atomic E-state index is 12.0. The molecule has 1 heterocycles. The maximum Gasteiger partial charge on any atom is 0.231 e. The van der Waals surface area contributed by atoms with E-state index in [0.29, 0.717) is 24.5 Å². The van der Waals surface area contributed by atoms with Crippen LogP contribution in [0.25, 0.3) is 0 Å². The first-order valence-electron chi connectivity index (χ1n) is 6.39. The second-order valence-electron chi connectivity index (χ2n) is 4.87. The largest absolute Gasteiger partial charge is 0.341 e. The molecule has 3 amide bonds. The minimum Gasteiger partial charge on any atom is -0.341 e. The van der Waals surface area contributed by atoms with E-state index in [1.807, 2.05) is 0 Å². The molecule has 1 fully saturated rings. The quantitative estimate of drug-likeness (QED) is 0.865. The smallest absolute Gasteiger partial charge is 0.231 e. The van der Waals surface area contributed by atoms with Gasteiger partial charge in [-0.15, -0.1) is 0 Å². The summed E-state index contributed by atoms with van der Waals surface area (Å²) in [6.07, 6.45) is 0. The summed E-state index contributed by atoms with van der Waals surface area (Å²) in [6, 6.07) is 6.95. The average Bonchev–Trinajstić information content (AvgIpc) is 2.25. The van der Waals surface area contributed by atoms with Crippen LogP contribution in [-0.2, 0) is 14.4 Å². The van der Waals surface area contributed by atoms with Gasteiger partial charge >= 0.3 is 0 Å². The predicted molar refractivity (Wildman–Crippen MR) is 75.1 cm³/mol. The zero-order chi connectivity index (χ0) is 14.7. The molecule has 0 bridgehead atoms. The highest BCUT2D eigenvalue weighted by molar-refractivity contribution is 5.95. The van der Waals surface area contributed by atoms with Gasteiger partial charge in [0.1, 0.15) is 0 Å². The first-order chi connectivity index (χ1) is 9.45. The summed E-state index contributed by atoms with van der Waals surface area (Å²) >= 11 is 0. The van der Waals surface area contributed by atoms with Gasteiger partial charge < -0.3 is 15.5 Å². The van der Waals surface area contributed by atoms with Crippen LogP contribution >= 0.6 is 0 Å². The van der Waals surface area contributed by atoms with Gasteiger partial charge in [-0.05, 0) is 18.2 Å². The molecule has 0 unspecified atom stereocenters. The number of carbonyl (C=O) groups is 3. The summed E-state index contributed by atoms with van der Waals surface area (Å²) in [5.41, 5.74) is 1.26. The topological polar surface area (TPSA) is 78.5 Å². The molecule has 1 aliphatic heterocycles. The van der Waals surface area contributed by atoms with Gasteiger partial charge in [0.15, 0.2) is 0 Å². The van der Waals surface area contributed by atoms with E-state index < -0.39 is 0 Å². The van der Waals surface area contributed by atoms with Crippen molar-refractivity contribution in [1.82, 2.24) is 4.90 Å². The summed E-state index contributed by atoms with van der Waals surface area (Å²) in [5, 5.41) is 5.44. The van der Waals surface area contributed by atoms with Crippen LogP contribution in [0.4, 0.5) is 11.4 Å². The fourth-order valence-electron chi connectivity index (χ4n) is 2.02. The molecular weight excluding hydrogens is 258 g/mol. The highest BCUT2D eigenvalue weighted by Gasteiger charge is 2.33. The van der Waals surface area contributed by atoms with Gasteiger partial charge in [-0.25, -0.2) is 0 Å². The molecule has 0 aromatic heterocycles. The molecular formula is C14H17N3O3.